The molecule has 3 heterocycles. The van der Waals surface area contributed by atoms with Gasteiger partial charge in [-0.25, -0.2) is 13.4 Å². The van der Waals surface area contributed by atoms with Crippen LogP contribution in [0.5, 0.6) is 0 Å². The number of aromatic amines is 1. The monoisotopic (exact) mass is 582 g/mol. The summed E-state index contributed by atoms with van der Waals surface area (Å²) in [5.41, 5.74) is -2.63. The fourth-order valence-electron chi connectivity index (χ4n) is 4.69. The summed E-state index contributed by atoms with van der Waals surface area (Å²) in [6, 6.07) is 14.3. The van der Waals surface area contributed by atoms with Crippen LogP contribution in [0, 0.1) is 0 Å². The standard InChI is InChI=1S/C25H22ClF3N4O3S2/c26-17-4-1-15(2-5-17)23(24-30-9-12-37-24)16-3-6-20-19(13-16)21(14-22(34)32-20)31-18-7-10-33(11-8-18)38(35,36)25(27,28)29/h1-6,9,12-14,18,23H,7-8,10-11H2,(H2,31,32,34). The Hall–Kier alpha value is -2.93. The van der Waals surface area contributed by atoms with E-state index in [2.05, 4.69) is 15.3 Å². The van der Waals surface area contributed by atoms with Crippen molar-refractivity contribution in [3.63, 3.8) is 0 Å². The van der Waals surface area contributed by atoms with Crippen LogP contribution in [0.2, 0.25) is 5.02 Å². The summed E-state index contributed by atoms with van der Waals surface area (Å²) in [6.45, 7) is -0.539. The van der Waals surface area contributed by atoms with Crippen LogP contribution < -0.4 is 10.9 Å². The molecular formula is C25H22ClF3N4O3S2. The maximum atomic E-state index is 12.9. The van der Waals surface area contributed by atoms with Crippen molar-refractivity contribution in [2.24, 2.45) is 0 Å². The van der Waals surface area contributed by atoms with Crippen molar-refractivity contribution < 1.29 is 21.6 Å². The number of nitrogens with one attached hydrogen (secondary N) is 2. The summed E-state index contributed by atoms with van der Waals surface area (Å²) in [4.78, 5) is 19.7. The number of alkyl halides is 3. The number of hydrogen-bond donors (Lipinski definition) is 2. The zero-order valence-electron chi connectivity index (χ0n) is 19.7. The molecule has 1 unspecified atom stereocenters. The molecule has 0 bridgehead atoms. The zero-order valence-corrected chi connectivity index (χ0v) is 22.1. The van der Waals surface area contributed by atoms with E-state index >= 15 is 0 Å². The van der Waals surface area contributed by atoms with Gasteiger partial charge in [-0.15, -0.1) is 11.3 Å². The number of nitrogens with zero attached hydrogens (tertiary/aromatic N) is 2. The van der Waals surface area contributed by atoms with Crippen LogP contribution in [-0.4, -0.2) is 47.3 Å². The molecule has 0 amide bonds. The van der Waals surface area contributed by atoms with E-state index in [0.717, 1.165) is 21.5 Å². The van der Waals surface area contributed by atoms with Crippen molar-refractivity contribution in [2.75, 3.05) is 18.4 Å². The van der Waals surface area contributed by atoms with Gasteiger partial charge in [0, 0.05) is 52.9 Å². The summed E-state index contributed by atoms with van der Waals surface area (Å²) in [6.07, 6.45) is 2.06. The summed E-state index contributed by atoms with van der Waals surface area (Å²) < 4.78 is 62.8. The lowest BCUT2D eigenvalue weighted by Crippen LogP contribution is -2.47. The van der Waals surface area contributed by atoms with Crippen molar-refractivity contribution in [2.45, 2.75) is 30.3 Å². The van der Waals surface area contributed by atoms with E-state index in [1.807, 2.05) is 47.8 Å². The molecule has 7 nitrogen and oxygen atoms in total. The van der Waals surface area contributed by atoms with Crippen LogP contribution in [0.1, 0.15) is 34.9 Å². The highest BCUT2D eigenvalue weighted by atomic mass is 35.5. The first-order valence-corrected chi connectivity index (χ1v) is 14.4. The largest absolute Gasteiger partial charge is 0.511 e. The molecule has 5 rings (SSSR count). The Kier molecular flexibility index (Phi) is 7.25. The van der Waals surface area contributed by atoms with Crippen molar-refractivity contribution in [3.8, 4) is 0 Å². The van der Waals surface area contributed by atoms with E-state index in [-0.39, 0.29) is 43.5 Å². The number of halogens is 4. The third-order valence-corrected chi connectivity index (χ3v) is 9.27. The topological polar surface area (TPSA) is 95.2 Å². The predicted octanol–water partition coefficient (Wildman–Crippen LogP) is 5.54. The molecule has 2 N–H and O–H groups in total. The number of anilines is 1. The highest BCUT2D eigenvalue weighted by Gasteiger charge is 2.50. The van der Waals surface area contributed by atoms with Crippen LogP contribution in [0.15, 0.2) is 64.9 Å². The maximum absolute atomic E-state index is 12.9. The Morgan fingerprint density at radius 1 is 1.08 bits per heavy atom. The van der Waals surface area contributed by atoms with Gasteiger partial charge in [-0.1, -0.05) is 29.8 Å². The summed E-state index contributed by atoms with van der Waals surface area (Å²) in [7, 11) is -5.37. The molecule has 0 aliphatic carbocycles. The average Bonchev–Trinajstić information content (AvgIpc) is 3.40. The second-order valence-corrected chi connectivity index (χ2v) is 12.3. The van der Waals surface area contributed by atoms with Crippen LogP contribution in [0.3, 0.4) is 0 Å². The van der Waals surface area contributed by atoms with E-state index in [1.54, 1.807) is 6.20 Å². The van der Waals surface area contributed by atoms with Gasteiger partial charge in [0.1, 0.15) is 5.01 Å². The van der Waals surface area contributed by atoms with Gasteiger partial charge in [0.2, 0.25) is 5.56 Å². The van der Waals surface area contributed by atoms with E-state index in [4.69, 9.17) is 11.6 Å². The molecule has 13 heteroatoms. The minimum atomic E-state index is -5.37. The molecule has 200 valence electrons. The molecule has 4 aromatic rings. The van der Waals surface area contributed by atoms with Crippen LogP contribution in [0.25, 0.3) is 10.9 Å². The molecule has 2 aromatic carbocycles. The summed E-state index contributed by atoms with van der Waals surface area (Å²) in [5.74, 6) is -0.188. The summed E-state index contributed by atoms with van der Waals surface area (Å²) >= 11 is 7.62. The van der Waals surface area contributed by atoms with Gasteiger partial charge in [0.15, 0.2) is 0 Å². The highest BCUT2D eigenvalue weighted by Crippen LogP contribution is 2.36. The van der Waals surface area contributed by atoms with Crippen LogP contribution in [-0.2, 0) is 10.0 Å². The van der Waals surface area contributed by atoms with Crippen LogP contribution >= 0.6 is 22.9 Å². The number of benzene rings is 2. The number of piperidine rings is 1. The average molecular weight is 583 g/mol. The number of aromatic nitrogens is 2. The van der Waals surface area contributed by atoms with Crippen LogP contribution in [0.4, 0.5) is 18.9 Å². The second kappa shape index (κ2) is 10.3. The number of sulfonamides is 1. The lowest BCUT2D eigenvalue weighted by molar-refractivity contribution is -0.0494. The van der Waals surface area contributed by atoms with E-state index in [9.17, 15) is 26.4 Å². The Balaban J connectivity index is 1.46. The molecule has 1 aliphatic heterocycles. The fourth-order valence-corrected chi connectivity index (χ4v) is 6.59. The lowest BCUT2D eigenvalue weighted by atomic mass is 9.90. The Labute approximate surface area is 225 Å². The Morgan fingerprint density at radius 3 is 2.39 bits per heavy atom. The van der Waals surface area contributed by atoms with Gasteiger partial charge in [0.05, 0.1) is 11.4 Å². The van der Waals surface area contributed by atoms with Crippen molar-refractivity contribution >= 4 is 49.6 Å². The van der Waals surface area contributed by atoms with E-state index in [0.29, 0.717) is 20.5 Å². The molecule has 1 fully saturated rings. The number of H-pyrrole nitrogens is 1. The van der Waals surface area contributed by atoms with Gasteiger partial charge in [-0.2, -0.15) is 17.5 Å². The summed E-state index contributed by atoms with van der Waals surface area (Å²) in [5, 5.41) is 7.39. The molecule has 0 radical (unpaired) electrons. The van der Waals surface area contributed by atoms with Crippen molar-refractivity contribution in [1.82, 2.24) is 14.3 Å². The van der Waals surface area contributed by atoms with Gasteiger partial charge in [-0.3, -0.25) is 4.79 Å². The second-order valence-electron chi connectivity index (χ2n) is 8.98. The number of rotatable bonds is 6. The molecule has 1 atom stereocenters. The number of hydrogen-bond acceptors (Lipinski definition) is 6. The van der Waals surface area contributed by atoms with Gasteiger partial charge < -0.3 is 10.3 Å². The third-order valence-electron chi connectivity index (χ3n) is 6.55. The number of pyridine rings is 1. The Bertz CT molecular complexity index is 1600. The molecule has 38 heavy (non-hydrogen) atoms. The Morgan fingerprint density at radius 2 is 1.76 bits per heavy atom. The molecule has 0 spiro atoms. The molecular weight excluding hydrogens is 561 g/mol. The maximum Gasteiger partial charge on any atom is 0.511 e. The minimum absolute atomic E-state index is 0.163. The first kappa shape index (κ1) is 26.7. The van der Waals surface area contributed by atoms with E-state index in [1.165, 1.54) is 17.4 Å². The smallest absolute Gasteiger partial charge is 0.382 e. The fraction of sp³-hybridized carbons (Fsp3) is 0.280. The molecule has 1 aliphatic rings. The quantitative estimate of drug-likeness (QED) is 0.311. The lowest BCUT2D eigenvalue weighted by Gasteiger charge is -2.32. The van der Waals surface area contributed by atoms with Gasteiger partial charge >= 0.3 is 15.5 Å². The normalized spacial score (nSPS) is 16.5. The number of thiazole rings is 1. The van der Waals surface area contributed by atoms with E-state index < -0.39 is 15.5 Å². The third kappa shape index (κ3) is 5.31. The molecule has 2 aromatic heterocycles. The molecule has 1 saturated heterocycles. The van der Waals surface area contributed by atoms with Gasteiger partial charge in [0.25, 0.3) is 0 Å². The van der Waals surface area contributed by atoms with Crippen molar-refractivity contribution in [3.05, 3.63) is 91.6 Å². The van der Waals surface area contributed by atoms with Gasteiger partial charge in [-0.05, 0) is 48.2 Å². The first-order chi connectivity index (χ1) is 18.0. The highest BCUT2D eigenvalue weighted by molar-refractivity contribution is 7.90. The van der Waals surface area contributed by atoms with Crippen molar-refractivity contribution in [1.29, 1.82) is 0 Å². The SMILES string of the molecule is O=c1cc(NC2CCN(S(=O)(=O)C(F)(F)F)CC2)c2cc(C(c3ccc(Cl)cc3)c3nccs3)ccc2[nH]1. The number of fused-ring (bicyclic) bond motifs is 1. The minimum Gasteiger partial charge on any atom is -0.382 e. The zero-order chi connectivity index (χ0) is 27.1. The predicted molar refractivity (Wildman–Crippen MR) is 142 cm³/mol. The first-order valence-electron chi connectivity index (χ1n) is 11.7. The molecule has 0 saturated carbocycles.